The van der Waals surface area contributed by atoms with Crippen molar-refractivity contribution in [1.29, 1.82) is 0 Å². The molecule has 0 unspecified atom stereocenters. The summed E-state index contributed by atoms with van der Waals surface area (Å²) >= 11 is 0. The summed E-state index contributed by atoms with van der Waals surface area (Å²) in [6.45, 7) is 9.10. The Kier molecular flexibility index (Phi) is 7.26. The van der Waals surface area contributed by atoms with Gasteiger partial charge in [0.25, 0.3) is 0 Å². The van der Waals surface area contributed by atoms with Crippen molar-refractivity contribution in [2.24, 2.45) is 0 Å². The first kappa shape index (κ1) is 15.7. The zero-order valence-corrected chi connectivity index (χ0v) is 11.0. The average molecular weight is 241 g/mol. The molecule has 0 aliphatic carbocycles. The minimum atomic E-state index is -1.00. The maximum absolute atomic E-state index is 11.7. The Morgan fingerprint density at radius 1 is 1.29 bits per heavy atom. The van der Waals surface area contributed by atoms with Gasteiger partial charge in [-0.15, -0.1) is 0 Å². The van der Waals surface area contributed by atoms with E-state index in [0.29, 0.717) is 6.61 Å². The molecule has 0 fully saturated rings. The maximum Gasteiger partial charge on any atom is 0.331 e. The number of unbranched alkanes of at least 4 members (excludes halogenated alkanes) is 3. The van der Waals surface area contributed by atoms with Gasteiger partial charge in [-0.3, -0.25) is 4.79 Å². The lowest BCUT2D eigenvalue weighted by Crippen LogP contribution is -2.50. The molecule has 4 nitrogen and oxygen atoms in total. The van der Waals surface area contributed by atoms with Crippen LogP contribution in [0, 0.1) is 0 Å². The van der Waals surface area contributed by atoms with E-state index in [-0.39, 0.29) is 5.91 Å². The van der Waals surface area contributed by atoms with Crippen LogP contribution < -0.4 is 5.32 Å². The fourth-order valence-electron chi connectivity index (χ4n) is 1.28. The molecule has 0 aliphatic rings. The molecular formula is C13H23NO3. The predicted molar refractivity (Wildman–Crippen MR) is 67.5 cm³/mol. The second-order valence-corrected chi connectivity index (χ2v) is 4.51. The predicted octanol–water partition coefficient (Wildman–Crippen LogP) is 2.19. The number of rotatable bonds is 8. The fraction of sp³-hybridized carbons (Fsp3) is 0.692. The summed E-state index contributed by atoms with van der Waals surface area (Å²) in [6, 6.07) is 0. The van der Waals surface area contributed by atoms with Gasteiger partial charge in [-0.05, 0) is 26.3 Å². The molecule has 0 aliphatic heterocycles. The number of carbonyl (C=O) groups excluding carboxylic acids is 2. The molecule has 0 spiro atoms. The van der Waals surface area contributed by atoms with Crippen LogP contribution in [0.15, 0.2) is 12.7 Å². The molecular weight excluding hydrogens is 218 g/mol. The van der Waals surface area contributed by atoms with Crippen molar-refractivity contribution in [2.45, 2.75) is 52.0 Å². The second kappa shape index (κ2) is 7.87. The molecule has 0 atom stereocenters. The molecule has 1 N–H and O–H groups in total. The van der Waals surface area contributed by atoms with Gasteiger partial charge in [-0.1, -0.05) is 32.8 Å². The minimum Gasteiger partial charge on any atom is -0.464 e. The molecule has 0 bridgehead atoms. The maximum atomic E-state index is 11.7. The number of amides is 1. The van der Waals surface area contributed by atoms with Gasteiger partial charge in [0.1, 0.15) is 5.54 Å². The highest BCUT2D eigenvalue weighted by molar-refractivity contribution is 5.92. The largest absolute Gasteiger partial charge is 0.464 e. The first-order chi connectivity index (χ1) is 7.94. The summed E-state index contributed by atoms with van der Waals surface area (Å²) in [5.74, 6) is -0.790. The lowest BCUT2D eigenvalue weighted by atomic mass is 10.1. The van der Waals surface area contributed by atoms with Crippen molar-refractivity contribution in [3.8, 4) is 0 Å². The van der Waals surface area contributed by atoms with Gasteiger partial charge in [0.15, 0.2) is 0 Å². The summed E-state index contributed by atoms with van der Waals surface area (Å²) in [5, 5.41) is 2.53. The van der Waals surface area contributed by atoms with Crippen LogP contribution in [0.3, 0.4) is 0 Å². The average Bonchev–Trinajstić information content (AvgIpc) is 2.27. The third-order valence-corrected chi connectivity index (χ3v) is 2.36. The smallest absolute Gasteiger partial charge is 0.331 e. The third kappa shape index (κ3) is 6.76. The van der Waals surface area contributed by atoms with Gasteiger partial charge in [0.05, 0.1) is 6.61 Å². The summed E-state index contributed by atoms with van der Waals surface area (Å²) in [7, 11) is 0. The van der Waals surface area contributed by atoms with E-state index in [0.717, 1.165) is 31.8 Å². The van der Waals surface area contributed by atoms with Crippen LogP contribution in [-0.4, -0.2) is 24.0 Å². The van der Waals surface area contributed by atoms with Crippen molar-refractivity contribution in [3.05, 3.63) is 12.7 Å². The van der Waals surface area contributed by atoms with Crippen molar-refractivity contribution < 1.29 is 14.3 Å². The van der Waals surface area contributed by atoms with Crippen LogP contribution in [0.2, 0.25) is 0 Å². The van der Waals surface area contributed by atoms with E-state index in [1.54, 1.807) is 13.8 Å². The third-order valence-electron chi connectivity index (χ3n) is 2.36. The van der Waals surface area contributed by atoms with Crippen LogP contribution in [0.4, 0.5) is 0 Å². The highest BCUT2D eigenvalue weighted by Gasteiger charge is 2.30. The number of hydrogen-bond donors (Lipinski definition) is 1. The van der Waals surface area contributed by atoms with E-state index in [4.69, 9.17) is 4.74 Å². The van der Waals surface area contributed by atoms with Crippen molar-refractivity contribution in [2.75, 3.05) is 6.61 Å². The van der Waals surface area contributed by atoms with Crippen LogP contribution in [0.1, 0.15) is 46.5 Å². The fourth-order valence-corrected chi connectivity index (χ4v) is 1.28. The van der Waals surface area contributed by atoms with Crippen molar-refractivity contribution in [1.82, 2.24) is 5.32 Å². The van der Waals surface area contributed by atoms with E-state index in [1.807, 2.05) is 0 Å². The number of nitrogens with one attached hydrogen (secondary N) is 1. The number of carbonyl (C=O) groups is 2. The van der Waals surface area contributed by atoms with Gasteiger partial charge >= 0.3 is 5.97 Å². The first-order valence-corrected chi connectivity index (χ1v) is 6.06. The van der Waals surface area contributed by atoms with Gasteiger partial charge in [0.2, 0.25) is 5.91 Å². The molecule has 98 valence electrons. The molecule has 0 saturated carbocycles. The quantitative estimate of drug-likeness (QED) is 0.402. The Labute approximate surface area is 103 Å². The lowest BCUT2D eigenvalue weighted by Gasteiger charge is -2.23. The van der Waals surface area contributed by atoms with Gasteiger partial charge < -0.3 is 10.1 Å². The van der Waals surface area contributed by atoms with Gasteiger partial charge in [0, 0.05) is 0 Å². The molecule has 0 aromatic heterocycles. The molecule has 0 aromatic rings. The van der Waals surface area contributed by atoms with E-state index < -0.39 is 11.5 Å². The molecule has 0 rings (SSSR count). The molecule has 0 saturated heterocycles. The Morgan fingerprint density at radius 2 is 1.94 bits per heavy atom. The standard InChI is InChI=1S/C13H23NO3/c1-5-7-8-9-10-17-12(16)13(3,4)14-11(15)6-2/h6H,2,5,7-10H2,1,3-4H3,(H,14,15). The van der Waals surface area contributed by atoms with Crippen molar-refractivity contribution >= 4 is 11.9 Å². The molecule has 4 heteroatoms. The second-order valence-electron chi connectivity index (χ2n) is 4.51. The normalized spacial score (nSPS) is 10.8. The Hall–Kier alpha value is -1.32. The Bertz CT molecular complexity index is 272. The first-order valence-electron chi connectivity index (χ1n) is 6.06. The summed E-state index contributed by atoms with van der Waals surface area (Å²) < 4.78 is 5.11. The number of hydrogen-bond acceptors (Lipinski definition) is 3. The van der Waals surface area contributed by atoms with Crippen LogP contribution in [0.25, 0.3) is 0 Å². The van der Waals surface area contributed by atoms with Crippen LogP contribution in [0.5, 0.6) is 0 Å². The van der Waals surface area contributed by atoms with Gasteiger partial charge in [-0.2, -0.15) is 0 Å². The van der Waals surface area contributed by atoms with Crippen LogP contribution >= 0.6 is 0 Å². The van der Waals surface area contributed by atoms with E-state index >= 15 is 0 Å². The monoisotopic (exact) mass is 241 g/mol. The summed E-state index contributed by atoms with van der Waals surface area (Å²) in [5.41, 5.74) is -1.00. The molecule has 0 radical (unpaired) electrons. The molecule has 17 heavy (non-hydrogen) atoms. The molecule has 1 amide bonds. The van der Waals surface area contributed by atoms with Crippen molar-refractivity contribution in [3.63, 3.8) is 0 Å². The highest BCUT2D eigenvalue weighted by Crippen LogP contribution is 2.07. The van der Waals surface area contributed by atoms with Gasteiger partial charge in [-0.25, -0.2) is 4.79 Å². The zero-order chi connectivity index (χ0) is 13.3. The summed E-state index contributed by atoms with van der Waals surface area (Å²) in [4.78, 5) is 22.8. The molecule has 0 aromatic carbocycles. The van der Waals surface area contributed by atoms with Crippen LogP contribution in [-0.2, 0) is 14.3 Å². The SMILES string of the molecule is C=CC(=O)NC(C)(C)C(=O)OCCCCCC. The lowest BCUT2D eigenvalue weighted by molar-refractivity contribution is -0.151. The number of esters is 1. The highest BCUT2D eigenvalue weighted by atomic mass is 16.5. The Balaban J connectivity index is 3.94. The van der Waals surface area contributed by atoms with E-state index in [2.05, 4.69) is 18.8 Å². The minimum absolute atomic E-state index is 0.377. The topological polar surface area (TPSA) is 55.4 Å². The molecule has 0 heterocycles. The Morgan fingerprint density at radius 3 is 2.47 bits per heavy atom. The van der Waals surface area contributed by atoms with E-state index in [9.17, 15) is 9.59 Å². The van der Waals surface area contributed by atoms with E-state index in [1.165, 1.54) is 0 Å². The zero-order valence-electron chi connectivity index (χ0n) is 11.0. The number of ether oxygens (including phenoxy) is 1. The summed E-state index contributed by atoms with van der Waals surface area (Å²) in [6.07, 6.45) is 5.35.